The topological polar surface area (TPSA) is 75.6 Å². The molecule has 5 nitrogen and oxygen atoms in total. The maximum atomic E-state index is 11.5. The summed E-state index contributed by atoms with van der Waals surface area (Å²) in [6.45, 7) is 1.19. The van der Waals surface area contributed by atoms with Crippen molar-refractivity contribution < 1.29 is 19.4 Å². The lowest BCUT2D eigenvalue weighted by Crippen LogP contribution is -2.40. The summed E-state index contributed by atoms with van der Waals surface area (Å²) < 4.78 is 5.35. The molecule has 0 saturated carbocycles. The van der Waals surface area contributed by atoms with Crippen LogP contribution in [-0.2, 0) is 9.59 Å². The Labute approximate surface area is 116 Å². The first-order valence-electron chi connectivity index (χ1n) is 6.20. The molecule has 0 fully saturated rings. The normalized spacial score (nSPS) is 11.8. The van der Waals surface area contributed by atoms with Crippen LogP contribution in [0.15, 0.2) is 42.5 Å². The van der Waals surface area contributed by atoms with Gasteiger partial charge >= 0.3 is 5.97 Å². The van der Waals surface area contributed by atoms with Gasteiger partial charge in [-0.15, -0.1) is 0 Å². The minimum absolute atomic E-state index is 0.212. The van der Waals surface area contributed by atoms with Crippen LogP contribution in [0, 0.1) is 0 Å². The van der Waals surface area contributed by atoms with Gasteiger partial charge < -0.3 is 15.2 Å². The number of hydrogen-bond donors (Lipinski definition) is 2. The van der Waals surface area contributed by atoms with E-state index in [2.05, 4.69) is 5.32 Å². The summed E-state index contributed by atoms with van der Waals surface area (Å²) in [7, 11) is 0. The fourth-order valence-corrected chi connectivity index (χ4v) is 1.75. The molecule has 0 bridgehead atoms. The molecular formula is C15H15NO4. The molecule has 0 heterocycles. The number of carboxylic acid groups (broad SMARTS) is 1. The second kappa shape index (κ2) is 6.06. The van der Waals surface area contributed by atoms with Gasteiger partial charge in [0, 0.05) is 0 Å². The van der Waals surface area contributed by atoms with E-state index < -0.39 is 17.9 Å². The Morgan fingerprint density at radius 1 is 1.20 bits per heavy atom. The van der Waals surface area contributed by atoms with E-state index in [1.165, 1.54) is 6.92 Å². The number of carboxylic acids is 1. The molecule has 2 aromatic carbocycles. The van der Waals surface area contributed by atoms with Crippen LogP contribution in [0.3, 0.4) is 0 Å². The molecule has 0 aromatic heterocycles. The molecule has 2 aromatic rings. The van der Waals surface area contributed by atoms with Crippen molar-refractivity contribution in [3.8, 4) is 5.75 Å². The Morgan fingerprint density at radius 3 is 2.60 bits per heavy atom. The molecule has 1 amide bonds. The Hall–Kier alpha value is -2.56. The van der Waals surface area contributed by atoms with Gasteiger partial charge in [-0.1, -0.05) is 30.3 Å². The Morgan fingerprint density at radius 2 is 1.90 bits per heavy atom. The third-order valence-corrected chi connectivity index (χ3v) is 2.84. The van der Waals surface area contributed by atoms with E-state index in [1.54, 1.807) is 6.07 Å². The molecule has 0 aliphatic carbocycles. The van der Waals surface area contributed by atoms with Crippen molar-refractivity contribution in [2.75, 3.05) is 6.61 Å². The Kier molecular flexibility index (Phi) is 4.20. The molecule has 0 aliphatic rings. The molecule has 2 rings (SSSR count). The van der Waals surface area contributed by atoms with E-state index in [9.17, 15) is 9.59 Å². The summed E-state index contributed by atoms with van der Waals surface area (Å²) in [6, 6.07) is 12.4. The van der Waals surface area contributed by atoms with Crippen LogP contribution >= 0.6 is 0 Å². The van der Waals surface area contributed by atoms with Crippen molar-refractivity contribution in [1.82, 2.24) is 5.32 Å². The number of aliphatic carboxylic acids is 1. The molecule has 2 N–H and O–H groups in total. The van der Waals surface area contributed by atoms with Gasteiger partial charge in [-0.3, -0.25) is 9.59 Å². The summed E-state index contributed by atoms with van der Waals surface area (Å²) in [4.78, 5) is 22.1. The number of ether oxygens (including phenoxy) is 1. The highest BCUT2D eigenvalue weighted by Gasteiger charge is 2.14. The summed E-state index contributed by atoms with van der Waals surface area (Å²) in [6.07, 6.45) is 0. The Balaban J connectivity index is 1.95. The predicted octanol–water partition coefficient (Wildman–Crippen LogP) is 1.81. The zero-order valence-electron chi connectivity index (χ0n) is 11.0. The van der Waals surface area contributed by atoms with Gasteiger partial charge in [0.25, 0.3) is 5.91 Å². The monoisotopic (exact) mass is 273 g/mol. The SMILES string of the molecule is C[C@@H](NC(=O)COc1ccc2ccccc2c1)C(=O)O. The van der Waals surface area contributed by atoms with Crippen LogP contribution in [0.1, 0.15) is 6.92 Å². The van der Waals surface area contributed by atoms with E-state index in [4.69, 9.17) is 9.84 Å². The van der Waals surface area contributed by atoms with Gasteiger partial charge in [0.15, 0.2) is 6.61 Å². The largest absolute Gasteiger partial charge is 0.484 e. The summed E-state index contributed by atoms with van der Waals surface area (Å²) in [5.41, 5.74) is 0. The first-order chi connectivity index (χ1) is 9.56. The first-order valence-corrected chi connectivity index (χ1v) is 6.20. The number of carbonyl (C=O) groups excluding carboxylic acids is 1. The average Bonchev–Trinajstić information content (AvgIpc) is 2.44. The lowest BCUT2D eigenvalue weighted by Gasteiger charge is -2.10. The standard InChI is InChI=1S/C15H15NO4/c1-10(15(18)19)16-14(17)9-20-13-7-6-11-4-2-3-5-12(11)8-13/h2-8,10H,9H2,1H3,(H,16,17)(H,18,19)/t10-/m1/s1. The lowest BCUT2D eigenvalue weighted by atomic mass is 10.1. The van der Waals surface area contributed by atoms with Gasteiger partial charge in [0.2, 0.25) is 0 Å². The smallest absolute Gasteiger partial charge is 0.325 e. The van der Waals surface area contributed by atoms with Crippen LogP contribution in [0.2, 0.25) is 0 Å². The molecule has 5 heteroatoms. The number of nitrogens with one attached hydrogen (secondary N) is 1. The van der Waals surface area contributed by atoms with Crippen LogP contribution in [-0.4, -0.2) is 29.6 Å². The minimum atomic E-state index is -1.08. The second-order valence-corrected chi connectivity index (χ2v) is 4.43. The van der Waals surface area contributed by atoms with Crippen LogP contribution < -0.4 is 10.1 Å². The molecular weight excluding hydrogens is 258 g/mol. The zero-order chi connectivity index (χ0) is 14.5. The van der Waals surface area contributed by atoms with Crippen molar-refractivity contribution in [3.63, 3.8) is 0 Å². The zero-order valence-corrected chi connectivity index (χ0v) is 11.0. The third-order valence-electron chi connectivity index (χ3n) is 2.84. The summed E-state index contributed by atoms with van der Waals surface area (Å²) in [5, 5.41) is 13.1. The van der Waals surface area contributed by atoms with Crippen LogP contribution in [0.4, 0.5) is 0 Å². The molecule has 0 aliphatic heterocycles. The fourth-order valence-electron chi connectivity index (χ4n) is 1.75. The molecule has 104 valence electrons. The number of fused-ring (bicyclic) bond motifs is 1. The molecule has 0 spiro atoms. The molecule has 0 radical (unpaired) electrons. The Bertz CT molecular complexity index is 639. The lowest BCUT2D eigenvalue weighted by molar-refractivity contribution is -0.141. The second-order valence-electron chi connectivity index (χ2n) is 4.43. The van der Waals surface area contributed by atoms with Crippen molar-refractivity contribution in [2.24, 2.45) is 0 Å². The van der Waals surface area contributed by atoms with Crippen molar-refractivity contribution >= 4 is 22.6 Å². The number of amides is 1. The highest BCUT2D eigenvalue weighted by Crippen LogP contribution is 2.20. The maximum Gasteiger partial charge on any atom is 0.325 e. The molecule has 1 atom stereocenters. The molecule has 0 unspecified atom stereocenters. The van der Waals surface area contributed by atoms with Crippen molar-refractivity contribution in [2.45, 2.75) is 13.0 Å². The van der Waals surface area contributed by atoms with E-state index in [0.717, 1.165) is 10.8 Å². The highest BCUT2D eigenvalue weighted by atomic mass is 16.5. The average molecular weight is 273 g/mol. The van der Waals surface area contributed by atoms with Crippen molar-refractivity contribution in [1.29, 1.82) is 0 Å². The fraction of sp³-hybridized carbons (Fsp3) is 0.200. The van der Waals surface area contributed by atoms with Crippen LogP contribution in [0.5, 0.6) is 5.75 Å². The van der Waals surface area contributed by atoms with E-state index in [0.29, 0.717) is 5.75 Å². The number of hydrogen-bond acceptors (Lipinski definition) is 3. The van der Waals surface area contributed by atoms with Gasteiger partial charge in [-0.25, -0.2) is 0 Å². The number of rotatable bonds is 5. The maximum absolute atomic E-state index is 11.5. The first kappa shape index (κ1) is 13.9. The van der Waals surface area contributed by atoms with Crippen molar-refractivity contribution in [3.05, 3.63) is 42.5 Å². The quantitative estimate of drug-likeness (QED) is 0.871. The van der Waals surface area contributed by atoms with Gasteiger partial charge in [0.05, 0.1) is 0 Å². The minimum Gasteiger partial charge on any atom is -0.484 e. The number of benzene rings is 2. The van der Waals surface area contributed by atoms with Gasteiger partial charge in [-0.2, -0.15) is 0 Å². The van der Waals surface area contributed by atoms with Gasteiger partial charge in [-0.05, 0) is 29.8 Å². The molecule has 20 heavy (non-hydrogen) atoms. The molecule has 0 saturated heterocycles. The third kappa shape index (κ3) is 3.47. The van der Waals surface area contributed by atoms with E-state index >= 15 is 0 Å². The summed E-state index contributed by atoms with van der Waals surface area (Å²) in [5.74, 6) is -0.973. The van der Waals surface area contributed by atoms with E-state index in [-0.39, 0.29) is 6.61 Å². The van der Waals surface area contributed by atoms with Crippen LogP contribution in [0.25, 0.3) is 10.8 Å². The predicted molar refractivity (Wildman–Crippen MR) is 74.7 cm³/mol. The summed E-state index contributed by atoms with van der Waals surface area (Å²) >= 11 is 0. The number of carbonyl (C=O) groups is 2. The van der Waals surface area contributed by atoms with E-state index in [1.807, 2.05) is 36.4 Å². The highest BCUT2D eigenvalue weighted by molar-refractivity contribution is 5.85. The van der Waals surface area contributed by atoms with Gasteiger partial charge in [0.1, 0.15) is 11.8 Å².